The van der Waals surface area contributed by atoms with Crippen LogP contribution in [0.5, 0.6) is 0 Å². The molecule has 0 aromatic rings. The number of nitrogens with one attached hydrogen (secondary N) is 1. The van der Waals surface area contributed by atoms with Crippen LogP contribution in [0, 0.1) is 5.41 Å². The lowest BCUT2D eigenvalue weighted by molar-refractivity contribution is -0.138. The Morgan fingerprint density at radius 2 is 1.69 bits per heavy atom. The van der Waals surface area contributed by atoms with Crippen molar-refractivity contribution in [3.63, 3.8) is 0 Å². The maximum Gasteiger partial charge on any atom is 0.325 e. The molecule has 0 aliphatic carbocycles. The number of hydrogen-bond donors (Lipinski definition) is 2. The molecule has 94 valence electrons. The van der Waals surface area contributed by atoms with Crippen molar-refractivity contribution >= 4 is 12.0 Å². The Hall–Kier alpha value is -1.26. The molecule has 0 fully saturated rings. The van der Waals surface area contributed by atoms with E-state index in [2.05, 4.69) is 5.32 Å². The normalized spacial score (nSPS) is 15.1. The summed E-state index contributed by atoms with van der Waals surface area (Å²) in [5.41, 5.74) is -0.0431. The second kappa shape index (κ2) is 5.18. The summed E-state index contributed by atoms with van der Waals surface area (Å²) in [4.78, 5) is 23.8. The summed E-state index contributed by atoms with van der Waals surface area (Å²) >= 11 is 0. The van der Waals surface area contributed by atoms with Gasteiger partial charge in [0.25, 0.3) is 0 Å². The quantitative estimate of drug-likeness (QED) is 0.772. The number of urea groups is 1. The van der Waals surface area contributed by atoms with E-state index in [4.69, 9.17) is 5.11 Å². The highest BCUT2D eigenvalue weighted by Gasteiger charge is 2.28. The molecule has 2 amide bonds. The van der Waals surface area contributed by atoms with Crippen LogP contribution < -0.4 is 5.32 Å². The minimum Gasteiger partial charge on any atom is -0.480 e. The molecular weight excluding hydrogens is 208 g/mol. The van der Waals surface area contributed by atoms with E-state index in [0.29, 0.717) is 0 Å². The predicted molar refractivity (Wildman–Crippen MR) is 62.3 cm³/mol. The van der Waals surface area contributed by atoms with Crippen molar-refractivity contribution in [3.05, 3.63) is 0 Å². The zero-order chi connectivity index (χ0) is 13.1. The van der Waals surface area contributed by atoms with Gasteiger partial charge in [0, 0.05) is 13.1 Å². The molecule has 5 heteroatoms. The van der Waals surface area contributed by atoms with Crippen LogP contribution >= 0.6 is 0 Å². The molecule has 2 atom stereocenters. The van der Waals surface area contributed by atoms with Gasteiger partial charge in [-0.05, 0) is 19.3 Å². The van der Waals surface area contributed by atoms with Crippen molar-refractivity contribution in [1.82, 2.24) is 10.2 Å². The maximum absolute atomic E-state index is 11.7. The average molecular weight is 230 g/mol. The van der Waals surface area contributed by atoms with Crippen LogP contribution in [0.3, 0.4) is 0 Å². The van der Waals surface area contributed by atoms with Crippen molar-refractivity contribution in [2.45, 2.75) is 46.7 Å². The van der Waals surface area contributed by atoms with Gasteiger partial charge in [-0.2, -0.15) is 0 Å². The van der Waals surface area contributed by atoms with E-state index in [9.17, 15) is 9.59 Å². The van der Waals surface area contributed by atoms with Gasteiger partial charge in [0.2, 0.25) is 0 Å². The lowest BCUT2D eigenvalue weighted by Gasteiger charge is -2.35. The van der Waals surface area contributed by atoms with Crippen molar-refractivity contribution in [1.29, 1.82) is 0 Å². The molecule has 0 aliphatic heterocycles. The van der Waals surface area contributed by atoms with E-state index in [1.165, 1.54) is 11.8 Å². The molecule has 0 bridgehead atoms. The third-order valence-corrected chi connectivity index (χ3v) is 2.87. The Balaban J connectivity index is 4.46. The van der Waals surface area contributed by atoms with Crippen LogP contribution in [0.2, 0.25) is 0 Å². The smallest absolute Gasteiger partial charge is 0.325 e. The number of rotatable bonds is 3. The average Bonchev–Trinajstić information content (AvgIpc) is 2.13. The van der Waals surface area contributed by atoms with Crippen LogP contribution in [0.4, 0.5) is 4.79 Å². The topological polar surface area (TPSA) is 69.6 Å². The first-order valence-corrected chi connectivity index (χ1v) is 5.33. The Bertz CT molecular complexity index is 271. The number of hydrogen-bond acceptors (Lipinski definition) is 2. The van der Waals surface area contributed by atoms with Gasteiger partial charge in [0.1, 0.15) is 6.04 Å². The summed E-state index contributed by atoms with van der Waals surface area (Å²) in [6, 6.07) is -1.21. The number of carbonyl (C=O) groups excluding carboxylic acids is 1. The number of carboxylic acid groups (broad SMARTS) is 1. The summed E-state index contributed by atoms with van der Waals surface area (Å²) in [5, 5.41) is 11.1. The van der Waals surface area contributed by atoms with Crippen LogP contribution in [-0.4, -0.2) is 41.1 Å². The summed E-state index contributed by atoms with van der Waals surface area (Å²) in [6.07, 6.45) is 0. The van der Waals surface area contributed by atoms with Crippen LogP contribution in [0.25, 0.3) is 0 Å². The van der Waals surface area contributed by atoms with Crippen LogP contribution in [0.15, 0.2) is 0 Å². The highest BCUT2D eigenvalue weighted by atomic mass is 16.4. The van der Waals surface area contributed by atoms with Crippen molar-refractivity contribution in [3.8, 4) is 0 Å². The second-order valence-electron chi connectivity index (χ2n) is 5.16. The summed E-state index contributed by atoms with van der Waals surface area (Å²) in [6.45, 7) is 9.47. The number of carboxylic acids is 1. The Morgan fingerprint density at radius 3 is 2.00 bits per heavy atom. The first kappa shape index (κ1) is 14.7. The first-order chi connectivity index (χ1) is 7.07. The third kappa shape index (κ3) is 4.08. The van der Waals surface area contributed by atoms with Crippen LogP contribution in [0.1, 0.15) is 34.6 Å². The second-order valence-corrected chi connectivity index (χ2v) is 5.16. The SMILES string of the molecule is CC(NC(=O)N(C)C(C)C(C)(C)C)C(=O)O. The molecule has 0 radical (unpaired) electrons. The van der Waals surface area contributed by atoms with E-state index in [1.807, 2.05) is 27.7 Å². The third-order valence-electron chi connectivity index (χ3n) is 2.87. The van der Waals surface area contributed by atoms with Gasteiger partial charge >= 0.3 is 12.0 Å². The van der Waals surface area contributed by atoms with Crippen molar-refractivity contribution in [2.24, 2.45) is 5.41 Å². The molecule has 0 heterocycles. The fourth-order valence-corrected chi connectivity index (χ4v) is 1.11. The van der Waals surface area contributed by atoms with Gasteiger partial charge in [-0.25, -0.2) is 4.79 Å². The largest absolute Gasteiger partial charge is 0.480 e. The molecule has 0 rings (SSSR count). The minimum absolute atomic E-state index is 0.0218. The van der Waals surface area contributed by atoms with E-state index >= 15 is 0 Å². The molecule has 0 aromatic heterocycles. The van der Waals surface area contributed by atoms with Gasteiger partial charge in [0.15, 0.2) is 0 Å². The van der Waals surface area contributed by atoms with E-state index in [0.717, 1.165) is 0 Å². The Morgan fingerprint density at radius 1 is 1.25 bits per heavy atom. The number of nitrogens with zero attached hydrogens (tertiary/aromatic N) is 1. The monoisotopic (exact) mass is 230 g/mol. The fourth-order valence-electron chi connectivity index (χ4n) is 1.11. The lowest BCUT2D eigenvalue weighted by atomic mass is 9.87. The zero-order valence-electron chi connectivity index (χ0n) is 10.9. The fraction of sp³-hybridized carbons (Fsp3) is 0.818. The molecule has 0 aliphatic rings. The molecule has 0 spiro atoms. The maximum atomic E-state index is 11.7. The Kier molecular flexibility index (Phi) is 4.78. The molecule has 0 saturated carbocycles. The molecule has 2 unspecified atom stereocenters. The highest BCUT2D eigenvalue weighted by molar-refractivity contribution is 5.82. The van der Waals surface area contributed by atoms with Crippen molar-refractivity contribution in [2.75, 3.05) is 7.05 Å². The van der Waals surface area contributed by atoms with Gasteiger partial charge in [-0.1, -0.05) is 20.8 Å². The number of aliphatic carboxylic acids is 1. The molecular formula is C11H22N2O3. The van der Waals surface area contributed by atoms with Gasteiger partial charge in [-0.3, -0.25) is 4.79 Å². The summed E-state index contributed by atoms with van der Waals surface area (Å²) < 4.78 is 0. The van der Waals surface area contributed by atoms with E-state index in [1.54, 1.807) is 7.05 Å². The zero-order valence-corrected chi connectivity index (χ0v) is 10.9. The van der Waals surface area contributed by atoms with Gasteiger partial charge in [0.05, 0.1) is 0 Å². The summed E-state index contributed by atoms with van der Waals surface area (Å²) in [5.74, 6) is -1.04. The van der Waals surface area contributed by atoms with Crippen molar-refractivity contribution < 1.29 is 14.7 Å². The molecule has 16 heavy (non-hydrogen) atoms. The number of amides is 2. The molecule has 5 nitrogen and oxygen atoms in total. The van der Waals surface area contributed by atoms with Gasteiger partial charge < -0.3 is 15.3 Å². The molecule has 2 N–H and O–H groups in total. The summed E-state index contributed by atoms with van der Waals surface area (Å²) in [7, 11) is 1.67. The number of carbonyl (C=O) groups is 2. The molecule has 0 saturated heterocycles. The van der Waals surface area contributed by atoms with E-state index in [-0.39, 0.29) is 17.5 Å². The minimum atomic E-state index is -1.04. The predicted octanol–water partition coefficient (Wildman–Crippen LogP) is 1.54. The first-order valence-electron chi connectivity index (χ1n) is 5.33. The van der Waals surface area contributed by atoms with Crippen LogP contribution in [-0.2, 0) is 4.79 Å². The Labute approximate surface area is 96.8 Å². The van der Waals surface area contributed by atoms with Gasteiger partial charge in [-0.15, -0.1) is 0 Å². The van der Waals surface area contributed by atoms with E-state index < -0.39 is 12.0 Å². The lowest BCUT2D eigenvalue weighted by Crippen LogP contribution is -2.51. The standard InChI is InChI=1S/C11H22N2O3/c1-7(9(14)15)12-10(16)13(6)8(2)11(3,4)5/h7-8H,1-6H3,(H,12,16)(H,14,15). The molecule has 0 aromatic carbocycles. The highest BCUT2D eigenvalue weighted by Crippen LogP contribution is 2.22.